The third-order valence-electron chi connectivity index (χ3n) is 4.04. The Kier molecular flexibility index (Phi) is 4.10. The van der Waals surface area contributed by atoms with Crippen LogP contribution in [0.2, 0.25) is 10.0 Å². The minimum atomic E-state index is -3.83. The van der Waals surface area contributed by atoms with E-state index in [0.717, 1.165) is 19.3 Å². The third kappa shape index (κ3) is 2.60. The zero-order valence-electron chi connectivity index (χ0n) is 11.6. The van der Waals surface area contributed by atoms with E-state index in [1.54, 1.807) is 6.07 Å². The largest absolute Gasteiger partial charge is 0.508 e. The van der Waals surface area contributed by atoms with Gasteiger partial charge in [0.2, 0.25) is 9.84 Å². The summed E-state index contributed by atoms with van der Waals surface area (Å²) in [7, 11) is -3.83. The van der Waals surface area contributed by atoms with Crippen LogP contribution in [0, 0.1) is 0 Å². The second kappa shape index (κ2) is 5.76. The molecule has 1 N–H and O–H groups in total. The molecule has 0 aliphatic heterocycles. The number of phenols is 1. The third-order valence-corrected chi connectivity index (χ3v) is 6.75. The molecule has 0 aromatic heterocycles. The van der Waals surface area contributed by atoms with Crippen LogP contribution in [0.5, 0.6) is 5.75 Å². The van der Waals surface area contributed by atoms with Gasteiger partial charge in [0.25, 0.3) is 0 Å². The molecule has 0 bridgehead atoms. The van der Waals surface area contributed by atoms with Gasteiger partial charge in [-0.05, 0) is 54.7 Å². The number of hydrogen-bond donors (Lipinski definition) is 1. The average molecular weight is 357 g/mol. The molecule has 2 aromatic rings. The van der Waals surface area contributed by atoms with E-state index < -0.39 is 9.84 Å². The zero-order chi connectivity index (χ0) is 15.9. The van der Waals surface area contributed by atoms with E-state index in [-0.39, 0.29) is 31.5 Å². The van der Waals surface area contributed by atoms with Gasteiger partial charge in [0.15, 0.2) is 0 Å². The fraction of sp³-hybridized carbons (Fsp3) is 0.250. The molecule has 2 aromatic carbocycles. The number of benzene rings is 2. The monoisotopic (exact) mass is 356 g/mol. The second-order valence-corrected chi connectivity index (χ2v) is 8.10. The summed E-state index contributed by atoms with van der Waals surface area (Å²) in [6, 6.07) is 8.92. The van der Waals surface area contributed by atoms with Crippen molar-refractivity contribution in [2.24, 2.45) is 0 Å². The summed E-state index contributed by atoms with van der Waals surface area (Å²) < 4.78 is 25.6. The van der Waals surface area contributed by atoms with Crippen LogP contribution in [0.4, 0.5) is 0 Å². The predicted octanol–water partition coefficient (Wildman–Crippen LogP) is 4.80. The van der Waals surface area contributed by atoms with Crippen LogP contribution in [0.1, 0.15) is 30.7 Å². The minimum absolute atomic E-state index is 0.0887. The summed E-state index contributed by atoms with van der Waals surface area (Å²) >= 11 is 12.0. The highest BCUT2D eigenvalue weighted by molar-refractivity contribution is 7.91. The molecule has 0 unspecified atom stereocenters. The van der Waals surface area contributed by atoms with Gasteiger partial charge < -0.3 is 5.11 Å². The first kappa shape index (κ1) is 15.7. The summed E-state index contributed by atoms with van der Waals surface area (Å²) in [6.45, 7) is 0. The van der Waals surface area contributed by atoms with Gasteiger partial charge in [-0.1, -0.05) is 35.7 Å². The van der Waals surface area contributed by atoms with E-state index in [0.29, 0.717) is 5.56 Å². The molecule has 22 heavy (non-hydrogen) atoms. The normalized spacial score (nSPS) is 15.5. The van der Waals surface area contributed by atoms with Crippen molar-refractivity contribution in [1.82, 2.24) is 0 Å². The van der Waals surface area contributed by atoms with E-state index in [1.165, 1.54) is 30.3 Å². The molecule has 1 fully saturated rings. The van der Waals surface area contributed by atoms with Crippen LogP contribution in [0.3, 0.4) is 0 Å². The molecule has 6 heteroatoms. The highest BCUT2D eigenvalue weighted by Crippen LogP contribution is 2.42. The van der Waals surface area contributed by atoms with E-state index in [1.807, 2.05) is 0 Å². The summed E-state index contributed by atoms with van der Waals surface area (Å²) in [4.78, 5) is 0.00535. The summed E-state index contributed by atoms with van der Waals surface area (Å²) in [5.41, 5.74) is 0.676. The Bertz CT molecular complexity index is 807. The van der Waals surface area contributed by atoms with Crippen molar-refractivity contribution in [1.29, 1.82) is 0 Å². The molecule has 3 rings (SSSR count). The van der Waals surface area contributed by atoms with Crippen LogP contribution < -0.4 is 0 Å². The van der Waals surface area contributed by atoms with E-state index in [4.69, 9.17) is 23.2 Å². The Balaban J connectivity index is 2.14. The van der Waals surface area contributed by atoms with Gasteiger partial charge in [0.05, 0.1) is 14.9 Å². The molecular formula is C16H14Cl2O3S. The molecule has 0 amide bonds. The van der Waals surface area contributed by atoms with Crippen LogP contribution in [-0.4, -0.2) is 13.5 Å². The van der Waals surface area contributed by atoms with Gasteiger partial charge in [0.1, 0.15) is 10.6 Å². The first-order valence-corrected chi connectivity index (χ1v) is 9.17. The fourth-order valence-electron chi connectivity index (χ4n) is 2.60. The van der Waals surface area contributed by atoms with Crippen LogP contribution in [-0.2, 0) is 9.84 Å². The number of phenolic OH excluding ortho intramolecular Hbond substituents is 1. The van der Waals surface area contributed by atoms with Gasteiger partial charge in [-0.15, -0.1) is 0 Å². The first-order valence-electron chi connectivity index (χ1n) is 6.93. The molecule has 0 heterocycles. The summed E-state index contributed by atoms with van der Waals surface area (Å²) in [6.07, 6.45) is 3.02. The maximum Gasteiger partial charge on any atom is 0.209 e. The molecule has 1 aliphatic carbocycles. The molecule has 0 spiro atoms. The van der Waals surface area contributed by atoms with Crippen molar-refractivity contribution in [3.63, 3.8) is 0 Å². The van der Waals surface area contributed by atoms with Crippen molar-refractivity contribution in [3.8, 4) is 5.75 Å². The Morgan fingerprint density at radius 2 is 1.68 bits per heavy atom. The lowest BCUT2D eigenvalue weighted by Gasteiger charge is -2.26. The van der Waals surface area contributed by atoms with Gasteiger partial charge >= 0.3 is 0 Å². The highest BCUT2D eigenvalue weighted by atomic mass is 35.5. The Morgan fingerprint density at radius 3 is 2.23 bits per heavy atom. The standard InChI is InChI=1S/C16H14Cl2O3S/c17-13-5-2-6-14(18)16(13)22(20,21)11-7-8-15(19)12(9-11)10-3-1-4-10/h2,5-10,19H,1,3-4H2. The average Bonchev–Trinajstić information content (AvgIpc) is 2.38. The molecular weight excluding hydrogens is 343 g/mol. The minimum Gasteiger partial charge on any atom is -0.508 e. The van der Waals surface area contributed by atoms with E-state index >= 15 is 0 Å². The molecule has 0 atom stereocenters. The van der Waals surface area contributed by atoms with Gasteiger partial charge in [-0.3, -0.25) is 0 Å². The lowest BCUT2D eigenvalue weighted by Crippen LogP contribution is -2.11. The number of aromatic hydroxyl groups is 1. The second-order valence-electron chi connectivity index (χ2n) is 5.40. The Labute approximate surface area is 139 Å². The Morgan fingerprint density at radius 1 is 1.05 bits per heavy atom. The number of rotatable bonds is 3. The molecule has 3 nitrogen and oxygen atoms in total. The number of sulfone groups is 1. The topological polar surface area (TPSA) is 54.4 Å². The number of halogens is 2. The van der Waals surface area contributed by atoms with Crippen LogP contribution in [0.25, 0.3) is 0 Å². The molecule has 1 saturated carbocycles. The van der Waals surface area contributed by atoms with Crippen molar-refractivity contribution in [3.05, 3.63) is 52.0 Å². The Hall–Kier alpha value is -1.23. The van der Waals surface area contributed by atoms with Gasteiger partial charge in [-0.25, -0.2) is 8.42 Å². The van der Waals surface area contributed by atoms with Crippen molar-refractivity contribution < 1.29 is 13.5 Å². The molecule has 0 saturated heterocycles. The fourth-order valence-corrected chi connectivity index (χ4v) is 5.02. The van der Waals surface area contributed by atoms with E-state index in [9.17, 15) is 13.5 Å². The van der Waals surface area contributed by atoms with Crippen LogP contribution >= 0.6 is 23.2 Å². The summed E-state index contributed by atoms with van der Waals surface area (Å²) in [5.74, 6) is 0.353. The summed E-state index contributed by atoms with van der Waals surface area (Å²) in [5, 5.41) is 10.1. The first-order chi connectivity index (χ1) is 10.4. The quantitative estimate of drug-likeness (QED) is 0.859. The molecule has 1 aliphatic rings. The predicted molar refractivity (Wildman–Crippen MR) is 86.6 cm³/mol. The van der Waals surface area contributed by atoms with E-state index in [2.05, 4.69) is 0 Å². The number of hydrogen-bond acceptors (Lipinski definition) is 3. The maximum atomic E-state index is 12.8. The molecule has 0 radical (unpaired) electrons. The zero-order valence-corrected chi connectivity index (χ0v) is 13.9. The SMILES string of the molecule is O=S(=O)(c1ccc(O)c(C2CCC2)c1)c1c(Cl)cccc1Cl. The van der Waals surface area contributed by atoms with Gasteiger partial charge in [-0.2, -0.15) is 0 Å². The highest BCUT2D eigenvalue weighted by Gasteiger charge is 2.28. The van der Waals surface area contributed by atoms with Crippen molar-refractivity contribution in [2.45, 2.75) is 35.0 Å². The van der Waals surface area contributed by atoms with Crippen LogP contribution in [0.15, 0.2) is 46.2 Å². The maximum absolute atomic E-state index is 12.8. The van der Waals surface area contributed by atoms with Crippen molar-refractivity contribution >= 4 is 33.0 Å². The molecule has 116 valence electrons. The smallest absolute Gasteiger partial charge is 0.209 e. The lowest BCUT2D eigenvalue weighted by atomic mass is 9.80. The van der Waals surface area contributed by atoms with Gasteiger partial charge in [0, 0.05) is 0 Å². The lowest BCUT2D eigenvalue weighted by molar-refractivity contribution is 0.392. The van der Waals surface area contributed by atoms with Crippen molar-refractivity contribution in [2.75, 3.05) is 0 Å².